The summed E-state index contributed by atoms with van der Waals surface area (Å²) in [6, 6.07) is 6.57. The largest absolute Gasteiger partial charge is 0.294 e. The van der Waals surface area contributed by atoms with E-state index < -0.39 is 0 Å². The Hall–Kier alpha value is -1.37. The smallest absolute Gasteiger partial charge is 0.163 e. The molecule has 3 rings (SSSR count). The number of benzene rings is 1. The van der Waals surface area contributed by atoms with Gasteiger partial charge in [-0.15, -0.1) is 0 Å². The van der Waals surface area contributed by atoms with Crippen molar-refractivity contribution < 1.29 is 4.79 Å². The molecule has 0 radical (unpaired) electrons. The van der Waals surface area contributed by atoms with Crippen LogP contribution in [0.15, 0.2) is 30.4 Å². The van der Waals surface area contributed by atoms with Crippen molar-refractivity contribution in [1.82, 2.24) is 0 Å². The van der Waals surface area contributed by atoms with E-state index in [1.165, 1.54) is 29.5 Å². The minimum Gasteiger partial charge on any atom is -0.294 e. The molecule has 20 heavy (non-hydrogen) atoms. The third-order valence-electron chi connectivity index (χ3n) is 5.47. The van der Waals surface area contributed by atoms with Gasteiger partial charge < -0.3 is 0 Å². The van der Waals surface area contributed by atoms with Crippen LogP contribution in [0.4, 0.5) is 0 Å². The van der Waals surface area contributed by atoms with Gasteiger partial charge in [0.05, 0.1) is 0 Å². The molecule has 0 N–H and O–H groups in total. The lowest BCUT2D eigenvalue weighted by molar-refractivity contribution is 0.0904. The van der Waals surface area contributed by atoms with Gasteiger partial charge in [0.25, 0.3) is 0 Å². The number of ketones is 1. The van der Waals surface area contributed by atoms with Gasteiger partial charge in [0.15, 0.2) is 5.78 Å². The molecule has 2 atom stereocenters. The molecule has 1 nitrogen and oxygen atoms in total. The molecule has 0 bridgehead atoms. The highest BCUT2D eigenvalue weighted by Crippen LogP contribution is 2.51. The highest BCUT2D eigenvalue weighted by molar-refractivity contribution is 6.00. The molecule has 0 aromatic heterocycles. The summed E-state index contributed by atoms with van der Waals surface area (Å²) in [6.07, 6.45) is 4.13. The van der Waals surface area contributed by atoms with E-state index >= 15 is 0 Å². The molecule has 0 aliphatic heterocycles. The van der Waals surface area contributed by atoms with Crippen molar-refractivity contribution in [1.29, 1.82) is 0 Å². The van der Waals surface area contributed by atoms with Gasteiger partial charge in [-0.3, -0.25) is 4.79 Å². The van der Waals surface area contributed by atoms with Gasteiger partial charge in [0.1, 0.15) is 0 Å². The van der Waals surface area contributed by atoms with E-state index in [2.05, 4.69) is 45.5 Å². The Balaban J connectivity index is 2.15. The van der Waals surface area contributed by atoms with E-state index in [-0.39, 0.29) is 5.41 Å². The molecule has 0 spiro atoms. The van der Waals surface area contributed by atoms with Crippen LogP contribution in [0.25, 0.3) is 0 Å². The number of hydrogen-bond acceptors (Lipinski definition) is 1. The molecular weight excluding hydrogens is 244 g/mol. The number of carbonyl (C=O) groups is 1. The van der Waals surface area contributed by atoms with Crippen LogP contribution in [-0.2, 0) is 5.41 Å². The minimum absolute atomic E-state index is 0.119. The Labute approximate surface area is 122 Å². The summed E-state index contributed by atoms with van der Waals surface area (Å²) in [5.41, 5.74) is 4.92. The van der Waals surface area contributed by atoms with Crippen molar-refractivity contribution in [2.75, 3.05) is 0 Å². The lowest BCUT2D eigenvalue weighted by Crippen LogP contribution is -2.42. The van der Waals surface area contributed by atoms with Crippen molar-refractivity contribution in [3.8, 4) is 0 Å². The SMILES string of the molecule is C=C1CCC[C@]2(C)c3ccc(C(C)C)cc3C(=O)CC12. The molecule has 2 aliphatic rings. The van der Waals surface area contributed by atoms with Crippen molar-refractivity contribution >= 4 is 5.78 Å². The summed E-state index contributed by atoms with van der Waals surface area (Å²) in [5, 5.41) is 0. The molecule has 1 saturated carbocycles. The van der Waals surface area contributed by atoms with Crippen LogP contribution in [0.3, 0.4) is 0 Å². The summed E-state index contributed by atoms with van der Waals surface area (Å²) in [6.45, 7) is 10.9. The fraction of sp³-hybridized carbons (Fsp3) is 0.526. The van der Waals surface area contributed by atoms with Crippen LogP contribution in [0.2, 0.25) is 0 Å². The first kappa shape index (κ1) is 13.6. The number of fused-ring (bicyclic) bond motifs is 3. The molecular formula is C19H24O. The standard InChI is InChI=1S/C19H24O/c1-12(2)14-7-8-16-15(10-14)18(20)11-17-13(3)6-5-9-19(16,17)4/h7-8,10,12,17H,3,5-6,9,11H2,1-2,4H3/t17?,19-/m1/s1. The van der Waals surface area contributed by atoms with Crippen LogP contribution in [0.1, 0.15) is 73.9 Å². The molecule has 0 amide bonds. The Bertz CT molecular complexity index is 581. The zero-order chi connectivity index (χ0) is 14.5. The van der Waals surface area contributed by atoms with E-state index in [1.54, 1.807) is 0 Å². The van der Waals surface area contributed by atoms with Crippen molar-refractivity contribution in [3.63, 3.8) is 0 Å². The van der Waals surface area contributed by atoms with Crippen LogP contribution >= 0.6 is 0 Å². The number of Topliss-reactive ketones (excluding diaryl/α,β-unsaturated/α-hetero) is 1. The lowest BCUT2D eigenvalue weighted by atomic mass is 9.56. The molecule has 1 unspecified atom stereocenters. The molecule has 1 fully saturated rings. The maximum absolute atomic E-state index is 12.6. The zero-order valence-corrected chi connectivity index (χ0v) is 12.8. The van der Waals surface area contributed by atoms with E-state index in [1.807, 2.05) is 0 Å². The maximum Gasteiger partial charge on any atom is 0.163 e. The van der Waals surface area contributed by atoms with E-state index in [0.29, 0.717) is 24.0 Å². The quantitative estimate of drug-likeness (QED) is 0.654. The van der Waals surface area contributed by atoms with Gasteiger partial charge >= 0.3 is 0 Å². The highest BCUT2D eigenvalue weighted by atomic mass is 16.1. The Morgan fingerprint density at radius 2 is 2.10 bits per heavy atom. The second-order valence-corrected chi connectivity index (χ2v) is 7.07. The predicted molar refractivity (Wildman–Crippen MR) is 83.3 cm³/mol. The van der Waals surface area contributed by atoms with Crippen molar-refractivity contribution in [2.45, 2.75) is 57.8 Å². The lowest BCUT2D eigenvalue weighted by Gasteiger charge is -2.47. The summed E-state index contributed by atoms with van der Waals surface area (Å²) in [5.74, 6) is 1.13. The van der Waals surface area contributed by atoms with Gasteiger partial charge in [-0.2, -0.15) is 0 Å². The first-order valence-corrected chi connectivity index (χ1v) is 7.79. The number of allylic oxidation sites excluding steroid dienone is 1. The van der Waals surface area contributed by atoms with Crippen molar-refractivity contribution in [3.05, 3.63) is 47.0 Å². The molecule has 106 valence electrons. The molecule has 1 aromatic carbocycles. The van der Waals surface area contributed by atoms with Crippen molar-refractivity contribution in [2.24, 2.45) is 5.92 Å². The van der Waals surface area contributed by atoms with Gasteiger partial charge in [-0.05, 0) is 48.3 Å². The summed E-state index contributed by atoms with van der Waals surface area (Å²) in [7, 11) is 0. The minimum atomic E-state index is 0.119. The maximum atomic E-state index is 12.6. The van der Waals surface area contributed by atoms with Crippen LogP contribution < -0.4 is 0 Å². The van der Waals surface area contributed by atoms with E-state index in [4.69, 9.17) is 0 Å². The second kappa shape index (κ2) is 4.58. The van der Waals surface area contributed by atoms with Crippen LogP contribution in [0, 0.1) is 5.92 Å². The summed E-state index contributed by atoms with van der Waals surface area (Å²) in [4.78, 5) is 12.6. The second-order valence-electron chi connectivity index (χ2n) is 7.07. The third kappa shape index (κ3) is 1.87. The topological polar surface area (TPSA) is 17.1 Å². The fourth-order valence-electron chi connectivity index (χ4n) is 4.12. The first-order chi connectivity index (χ1) is 9.43. The predicted octanol–water partition coefficient (Wildman–Crippen LogP) is 5.01. The Morgan fingerprint density at radius 3 is 2.80 bits per heavy atom. The molecule has 0 saturated heterocycles. The molecule has 0 heterocycles. The molecule has 1 heteroatoms. The Morgan fingerprint density at radius 1 is 1.35 bits per heavy atom. The normalized spacial score (nSPS) is 29.3. The van der Waals surface area contributed by atoms with E-state index in [9.17, 15) is 4.79 Å². The third-order valence-corrected chi connectivity index (χ3v) is 5.47. The number of carbonyl (C=O) groups excluding carboxylic acids is 1. The summed E-state index contributed by atoms with van der Waals surface area (Å²) < 4.78 is 0. The van der Waals surface area contributed by atoms with E-state index in [0.717, 1.165) is 12.0 Å². The number of hydrogen-bond donors (Lipinski definition) is 0. The van der Waals surface area contributed by atoms with Gasteiger partial charge in [-0.25, -0.2) is 0 Å². The monoisotopic (exact) mass is 268 g/mol. The average Bonchev–Trinajstić information content (AvgIpc) is 2.41. The van der Waals surface area contributed by atoms with Gasteiger partial charge in [0.2, 0.25) is 0 Å². The summed E-state index contributed by atoms with van der Waals surface area (Å²) >= 11 is 0. The van der Waals surface area contributed by atoms with Gasteiger partial charge in [0, 0.05) is 17.4 Å². The van der Waals surface area contributed by atoms with Gasteiger partial charge in [-0.1, -0.05) is 45.1 Å². The average molecular weight is 268 g/mol. The first-order valence-electron chi connectivity index (χ1n) is 7.79. The molecule has 1 aromatic rings. The van der Waals surface area contributed by atoms with Crippen LogP contribution in [-0.4, -0.2) is 5.78 Å². The molecule has 2 aliphatic carbocycles. The number of rotatable bonds is 1. The van der Waals surface area contributed by atoms with Crippen LogP contribution in [0.5, 0.6) is 0 Å². The zero-order valence-electron chi connectivity index (χ0n) is 12.8. The fourth-order valence-corrected chi connectivity index (χ4v) is 4.12. The Kier molecular flexibility index (Phi) is 3.12. The highest BCUT2D eigenvalue weighted by Gasteiger charge is 2.46.